The molecule has 0 aliphatic rings. The Kier molecular flexibility index (Phi) is 9.17. The first-order chi connectivity index (χ1) is 10.2. The van der Waals surface area contributed by atoms with Crippen molar-refractivity contribution in [3.05, 3.63) is 22.7 Å². The number of ether oxygens (including phenoxy) is 4. The predicted octanol–water partition coefficient (Wildman–Crippen LogP) is 2.28. The molecule has 1 aromatic rings. The van der Waals surface area contributed by atoms with Crippen LogP contribution in [0.2, 0.25) is 5.02 Å². The van der Waals surface area contributed by atoms with Gasteiger partial charge in [-0.3, -0.25) is 0 Å². The summed E-state index contributed by atoms with van der Waals surface area (Å²) in [7, 11) is 3.24. The molecule has 0 aromatic heterocycles. The maximum atomic E-state index is 6.24. The van der Waals surface area contributed by atoms with Crippen molar-refractivity contribution >= 4 is 11.6 Å². The van der Waals surface area contributed by atoms with Gasteiger partial charge in [-0.1, -0.05) is 11.6 Å². The van der Waals surface area contributed by atoms with Crippen molar-refractivity contribution in [2.75, 3.05) is 47.2 Å². The lowest BCUT2D eigenvalue weighted by Gasteiger charge is -2.14. The number of nitrogens with two attached hydrogens (primary N) is 1. The second-order valence-electron chi connectivity index (χ2n) is 4.45. The summed E-state index contributed by atoms with van der Waals surface area (Å²) in [5, 5.41) is 0.540. The molecular weight excluding hydrogens is 294 g/mol. The summed E-state index contributed by atoms with van der Waals surface area (Å²) in [5.74, 6) is 1.20. The summed E-state index contributed by atoms with van der Waals surface area (Å²) < 4.78 is 21.3. The fraction of sp³-hybridized carbons (Fsp3) is 0.600. The Bertz CT molecular complexity index is 415. The zero-order valence-corrected chi connectivity index (χ0v) is 13.4. The van der Waals surface area contributed by atoms with Gasteiger partial charge in [0.1, 0.15) is 0 Å². The molecule has 2 N–H and O–H groups in total. The van der Waals surface area contributed by atoms with Crippen LogP contribution in [0.15, 0.2) is 12.1 Å². The van der Waals surface area contributed by atoms with Gasteiger partial charge in [0.05, 0.1) is 32.0 Å². The fourth-order valence-corrected chi connectivity index (χ4v) is 2.09. The molecule has 0 atom stereocenters. The Hall–Kier alpha value is -1.01. The van der Waals surface area contributed by atoms with E-state index in [2.05, 4.69) is 0 Å². The van der Waals surface area contributed by atoms with Crippen molar-refractivity contribution in [1.29, 1.82) is 0 Å². The zero-order chi connectivity index (χ0) is 15.5. The van der Waals surface area contributed by atoms with Crippen LogP contribution < -0.4 is 15.2 Å². The van der Waals surface area contributed by atoms with Crippen LogP contribution in [0, 0.1) is 0 Å². The van der Waals surface area contributed by atoms with E-state index in [1.165, 1.54) is 0 Å². The molecule has 0 saturated carbocycles. The van der Waals surface area contributed by atoms with Crippen molar-refractivity contribution in [2.45, 2.75) is 12.8 Å². The van der Waals surface area contributed by atoms with E-state index in [9.17, 15) is 0 Å². The van der Waals surface area contributed by atoms with Gasteiger partial charge < -0.3 is 24.7 Å². The Morgan fingerprint density at radius 3 is 2.57 bits per heavy atom. The highest BCUT2D eigenvalue weighted by Crippen LogP contribution is 2.36. The van der Waals surface area contributed by atoms with Gasteiger partial charge in [0.25, 0.3) is 0 Å². The largest absolute Gasteiger partial charge is 0.493 e. The molecule has 0 fully saturated rings. The molecule has 5 nitrogen and oxygen atoms in total. The van der Waals surface area contributed by atoms with Crippen LogP contribution >= 0.6 is 11.6 Å². The van der Waals surface area contributed by atoms with E-state index in [4.69, 9.17) is 36.3 Å². The third-order valence-corrected chi connectivity index (χ3v) is 3.11. The molecule has 0 aliphatic heterocycles. The SMILES string of the molecule is COCCOCCCOc1c(Cl)cc(CCN)cc1OC. The minimum atomic E-state index is 0.513. The minimum Gasteiger partial charge on any atom is -0.493 e. The molecule has 120 valence electrons. The molecule has 0 radical (unpaired) electrons. The first-order valence-electron chi connectivity index (χ1n) is 6.98. The Labute approximate surface area is 131 Å². The number of hydrogen-bond acceptors (Lipinski definition) is 5. The molecule has 1 aromatic carbocycles. The van der Waals surface area contributed by atoms with E-state index in [0.717, 1.165) is 18.4 Å². The highest BCUT2D eigenvalue weighted by atomic mass is 35.5. The Balaban J connectivity index is 2.46. The molecule has 0 bridgehead atoms. The van der Waals surface area contributed by atoms with Gasteiger partial charge in [-0.15, -0.1) is 0 Å². The number of rotatable bonds is 11. The number of benzene rings is 1. The molecule has 6 heteroatoms. The lowest BCUT2D eigenvalue weighted by atomic mass is 10.1. The maximum Gasteiger partial charge on any atom is 0.179 e. The molecular formula is C15H24ClNO4. The molecule has 0 unspecified atom stereocenters. The monoisotopic (exact) mass is 317 g/mol. The van der Waals surface area contributed by atoms with Crippen LogP contribution in [-0.2, 0) is 15.9 Å². The third-order valence-electron chi connectivity index (χ3n) is 2.83. The van der Waals surface area contributed by atoms with Gasteiger partial charge in [-0.2, -0.15) is 0 Å². The lowest BCUT2D eigenvalue weighted by Crippen LogP contribution is -2.08. The quantitative estimate of drug-likeness (QED) is 0.634. The van der Waals surface area contributed by atoms with Crippen molar-refractivity contribution in [2.24, 2.45) is 5.73 Å². The zero-order valence-electron chi connectivity index (χ0n) is 12.7. The van der Waals surface area contributed by atoms with E-state index < -0.39 is 0 Å². The fourth-order valence-electron chi connectivity index (χ4n) is 1.80. The van der Waals surface area contributed by atoms with E-state index in [1.807, 2.05) is 12.1 Å². The van der Waals surface area contributed by atoms with Crippen LogP contribution in [0.3, 0.4) is 0 Å². The van der Waals surface area contributed by atoms with Gasteiger partial charge in [-0.25, -0.2) is 0 Å². The van der Waals surface area contributed by atoms with Crippen LogP contribution in [-0.4, -0.2) is 47.2 Å². The molecule has 0 heterocycles. The Morgan fingerprint density at radius 2 is 1.90 bits per heavy atom. The van der Waals surface area contributed by atoms with Crippen LogP contribution in [0.4, 0.5) is 0 Å². The van der Waals surface area contributed by atoms with Crippen LogP contribution in [0.1, 0.15) is 12.0 Å². The summed E-state index contributed by atoms with van der Waals surface area (Å²) in [4.78, 5) is 0. The smallest absolute Gasteiger partial charge is 0.179 e. The first kappa shape index (κ1) is 18.0. The third kappa shape index (κ3) is 6.52. The maximum absolute atomic E-state index is 6.24. The van der Waals surface area contributed by atoms with E-state index in [0.29, 0.717) is 49.5 Å². The average Bonchev–Trinajstić information content (AvgIpc) is 2.48. The Morgan fingerprint density at radius 1 is 1.10 bits per heavy atom. The van der Waals surface area contributed by atoms with Crippen molar-refractivity contribution < 1.29 is 18.9 Å². The topological polar surface area (TPSA) is 62.9 Å². The van der Waals surface area contributed by atoms with Gasteiger partial charge in [0.2, 0.25) is 0 Å². The number of halogens is 1. The van der Waals surface area contributed by atoms with Crippen molar-refractivity contribution in [1.82, 2.24) is 0 Å². The average molecular weight is 318 g/mol. The summed E-state index contributed by atoms with van der Waals surface area (Å²) in [5.41, 5.74) is 6.59. The standard InChI is InChI=1S/C15H24ClNO4/c1-18-8-9-20-6-3-7-21-15-13(16)10-12(4-5-17)11-14(15)19-2/h10-11H,3-9,17H2,1-2H3. The molecule has 21 heavy (non-hydrogen) atoms. The van der Waals surface area contributed by atoms with Crippen molar-refractivity contribution in [3.8, 4) is 11.5 Å². The van der Waals surface area contributed by atoms with Gasteiger partial charge in [0, 0.05) is 20.1 Å². The van der Waals surface area contributed by atoms with E-state index in [1.54, 1.807) is 14.2 Å². The second kappa shape index (κ2) is 10.7. The summed E-state index contributed by atoms with van der Waals surface area (Å²) in [6.45, 7) is 2.89. The van der Waals surface area contributed by atoms with Gasteiger partial charge in [0.15, 0.2) is 11.5 Å². The molecule has 0 saturated heterocycles. The lowest BCUT2D eigenvalue weighted by molar-refractivity contribution is 0.0643. The molecule has 0 spiro atoms. The highest BCUT2D eigenvalue weighted by Gasteiger charge is 2.11. The second-order valence-corrected chi connectivity index (χ2v) is 4.86. The summed E-state index contributed by atoms with van der Waals surface area (Å²) in [6.07, 6.45) is 1.53. The van der Waals surface area contributed by atoms with Gasteiger partial charge >= 0.3 is 0 Å². The van der Waals surface area contributed by atoms with E-state index >= 15 is 0 Å². The molecule has 0 amide bonds. The predicted molar refractivity (Wildman–Crippen MR) is 83.6 cm³/mol. The minimum absolute atomic E-state index is 0.513. The van der Waals surface area contributed by atoms with Crippen LogP contribution in [0.5, 0.6) is 11.5 Å². The first-order valence-corrected chi connectivity index (χ1v) is 7.36. The summed E-state index contributed by atoms with van der Waals surface area (Å²) in [6, 6.07) is 3.77. The molecule has 1 rings (SSSR count). The van der Waals surface area contributed by atoms with E-state index in [-0.39, 0.29) is 0 Å². The highest BCUT2D eigenvalue weighted by molar-refractivity contribution is 6.32. The summed E-state index contributed by atoms with van der Waals surface area (Å²) >= 11 is 6.24. The van der Waals surface area contributed by atoms with Crippen molar-refractivity contribution in [3.63, 3.8) is 0 Å². The van der Waals surface area contributed by atoms with Gasteiger partial charge in [-0.05, 0) is 30.7 Å². The van der Waals surface area contributed by atoms with Crippen LogP contribution in [0.25, 0.3) is 0 Å². The molecule has 0 aliphatic carbocycles. The number of hydrogen-bond donors (Lipinski definition) is 1. The normalized spacial score (nSPS) is 10.7. The number of methoxy groups -OCH3 is 2.